The highest BCUT2D eigenvalue weighted by Crippen LogP contribution is 2.29. The molecule has 2 aromatic rings. The highest BCUT2D eigenvalue weighted by Gasteiger charge is 2.36. The van der Waals surface area contributed by atoms with Crippen molar-refractivity contribution in [3.05, 3.63) is 54.1 Å². The molecule has 0 unspecified atom stereocenters. The first-order valence-electron chi connectivity index (χ1n) is 10.3. The molecular weight excluding hydrogens is 388 g/mol. The highest BCUT2D eigenvalue weighted by atomic mass is 19.1. The third-order valence-corrected chi connectivity index (χ3v) is 5.98. The summed E-state index contributed by atoms with van der Waals surface area (Å²) in [7, 11) is 0. The van der Waals surface area contributed by atoms with Gasteiger partial charge in [0.2, 0.25) is 11.8 Å². The molecule has 7 heteroatoms. The molecule has 2 aliphatic rings. The Morgan fingerprint density at radius 3 is 2.43 bits per heavy atom. The summed E-state index contributed by atoms with van der Waals surface area (Å²) in [5, 5.41) is 2.85. The summed E-state index contributed by atoms with van der Waals surface area (Å²) in [6.45, 7) is 4.41. The molecule has 0 radical (unpaired) electrons. The number of rotatable bonds is 4. The molecule has 1 N–H and O–H groups in total. The molecular formula is C23H25F2N3O2. The summed E-state index contributed by atoms with van der Waals surface area (Å²) >= 11 is 0. The van der Waals surface area contributed by atoms with Crippen molar-refractivity contribution in [2.45, 2.75) is 26.2 Å². The summed E-state index contributed by atoms with van der Waals surface area (Å²) in [5.74, 6) is -1.99. The molecule has 2 fully saturated rings. The van der Waals surface area contributed by atoms with Crippen LogP contribution in [0.25, 0.3) is 0 Å². The number of anilines is 3. The Labute approximate surface area is 174 Å². The van der Waals surface area contributed by atoms with Crippen molar-refractivity contribution < 1.29 is 18.4 Å². The van der Waals surface area contributed by atoms with Gasteiger partial charge in [0.15, 0.2) is 0 Å². The molecule has 5 nitrogen and oxygen atoms in total. The maximum absolute atomic E-state index is 14.0. The molecule has 30 heavy (non-hydrogen) atoms. The van der Waals surface area contributed by atoms with E-state index >= 15 is 0 Å². The number of carbonyl (C=O) groups excluding carboxylic acids is 2. The predicted molar refractivity (Wildman–Crippen MR) is 113 cm³/mol. The predicted octanol–water partition coefficient (Wildman–Crippen LogP) is 4.19. The molecule has 0 aromatic heterocycles. The van der Waals surface area contributed by atoms with Gasteiger partial charge in [-0.2, -0.15) is 0 Å². The first-order chi connectivity index (χ1) is 14.4. The molecule has 158 valence electrons. The van der Waals surface area contributed by atoms with E-state index in [9.17, 15) is 18.4 Å². The van der Waals surface area contributed by atoms with Crippen molar-refractivity contribution in [3.63, 3.8) is 0 Å². The quantitative estimate of drug-likeness (QED) is 0.818. The Bertz CT molecular complexity index is 940. The van der Waals surface area contributed by atoms with Crippen molar-refractivity contribution in [3.8, 4) is 0 Å². The van der Waals surface area contributed by atoms with Crippen LogP contribution in [0.4, 0.5) is 25.8 Å². The highest BCUT2D eigenvalue weighted by molar-refractivity contribution is 6.03. The van der Waals surface area contributed by atoms with Gasteiger partial charge in [-0.3, -0.25) is 9.59 Å². The molecule has 4 rings (SSSR count). The van der Waals surface area contributed by atoms with Crippen LogP contribution < -0.4 is 15.1 Å². The van der Waals surface area contributed by atoms with Crippen LogP contribution in [0, 0.1) is 23.5 Å². The number of carbonyl (C=O) groups is 2. The van der Waals surface area contributed by atoms with E-state index in [-0.39, 0.29) is 30.5 Å². The van der Waals surface area contributed by atoms with Crippen LogP contribution in [0.15, 0.2) is 42.5 Å². The minimum absolute atomic E-state index is 0.00287. The average Bonchev–Trinajstić information content (AvgIpc) is 3.11. The van der Waals surface area contributed by atoms with Gasteiger partial charge in [0.1, 0.15) is 11.6 Å². The second-order valence-corrected chi connectivity index (χ2v) is 8.21. The normalized spacial score (nSPS) is 20.0. The smallest absolute Gasteiger partial charge is 0.229 e. The zero-order valence-corrected chi connectivity index (χ0v) is 16.9. The number of halogens is 2. The molecule has 1 atom stereocenters. The summed E-state index contributed by atoms with van der Waals surface area (Å²) in [4.78, 5) is 28.5. The number of hydrogen-bond acceptors (Lipinski definition) is 3. The summed E-state index contributed by atoms with van der Waals surface area (Å²) in [6, 6.07) is 10.8. The summed E-state index contributed by atoms with van der Waals surface area (Å²) < 4.78 is 27.2. The lowest BCUT2D eigenvalue weighted by Gasteiger charge is -2.32. The molecule has 2 saturated heterocycles. The van der Waals surface area contributed by atoms with Crippen molar-refractivity contribution >= 4 is 28.9 Å². The Morgan fingerprint density at radius 2 is 1.77 bits per heavy atom. The number of amides is 2. The fraction of sp³-hybridized carbons (Fsp3) is 0.391. The van der Waals surface area contributed by atoms with Gasteiger partial charge >= 0.3 is 0 Å². The van der Waals surface area contributed by atoms with Gasteiger partial charge < -0.3 is 15.1 Å². The van der Waals surface area contributed by atoms with E-state index in [1.807, 2.05) is 24.3 Å². The molecule has 2 aromatic carbocycles. The Kier molecular flexibility index (Phi) is 5.70. The Hall–Kier alpha value is -2.96. The third-order valence-electron chi connectivity index (χ3n) is 5.98. The van der Waals surface area contributed by atoms with Crippen LogP contribution in [0.1, 0.15) is 26.2 Å². The molecule has 0 aliphatic carbocycles. The van der Waals surface area contributed by atoms with Gasteiger partial charge in [-0.05, 0) is 55.2 Å². The summed E-state index contributed by atoms with van der Waals surface area (Å²) in [6.07, 6.45) is 2.35. The zero-order chi connectivity index (χ0) is 21.3. The SMILES string of the molecule is CC1CCN(c2ccc(NC(=O)[C@@H]3CC(=O)N(c4ccc(F)cc4F)C3)cc2)CC1. The van der Waals surface area contributed by atoms with E-state index in [1.165, 1.54) is 23.8 Å². The molecule has 2 heterocycles. The largest absolute Gasteiger partial charge is 0.372 e. The fourth-order valence-electron chi connectivity index (χ4n) is 4.08. The van der Waals surface area contributed by atoms with Gasteiger partial charge in [-0.1, -0.05) is 6.92 Å². The number of nitrogens with zero attached hydrogens (tertiary/aromatic N) is 2. The first-order valence-corrected chi connectivity index (χ1v) is 10.3. The number of nitrogens with one attached hydrogen (secondary N) is 1. The van der Waals surface area contributed by atoms with E-state index in [0.717, 1.165) is 36.8 Å². The zero-order valence-electron chi connectivity index (χ0n) is 16.9. The Morgan fingerprint density at radius 1 is 1.07 bits per heavy atom. The van der Waals surface area contributed by atoms with Crippen LogP contribution in [-0.2, 0) is 9.59 Å². The van der Waals surface area contributed by atoms with Crippen molar-refractivity contribution in [1.82, 2.24) is 0 Å². The lowest BCUT2D eigenvalue weighted by molar-refractivity contribution is -0.122. The van der Waals surface area contributed by atoms with E-state index in [1.54, 1.807) is 0 Å². The van der Waals surface area contributed by atoms with E-state index < -0.39 is 17.6 Å². The van der Waals surface area contributed by atoms with Gasteiger partial charge in [-0.25, -0.2) is 8.78 Å². The first kappa shape index (κ1) is 20.3. The fourth-order valence-corrected chi connectivity index (χ4v) is 4.08. The Balaban J connectivity index is 1.37. The van der Waals surface area contributed by atoms with Crippen LogP contribution in [-0.4, -0.2) is 31.4 Å². The lowest BCUT2D eigenvalue weighted by Crippen LogP contribution is -2.32. The monoisotopic (exact) mass is 413 g/mol. The minimum Gasteiger partial charge on any atom is -0.372 e. The topological polar surface area (TPSA) is 52.7 Å². The van der Waals surface area contributed by atoms with Crippen molar-refractivity contribution in [2.24, 2.45) is 11.8 Å². The number of hydrogen-bond donors (Lipinski definition) is 1. The van der Waals surface area contributed by atoms with Crippen molar-refractivity contribution in [1.29, 1.82) is 0 Å². The van der Waals surface area contributed by atoms with Crippen LogP contribution in [0.3, 0.4) is 0 Å². The summed E-state index contributed by atoms with van der Waals surface area (Å²) in [5.41, 5.74) is 1.79. The minimum atomic E-state index is -0.813. The third kappa shape index (κ3) is 4.30. The second-order valence-electron chi connectivity index (χ2n) is 8.21. The molecule has 0 spiro atoms. The van der Waals surface area contributed by atoms with Crippen LogP contribution in [0.2, 0.25) is 0 Å². The number of piperidine rings is 1. The standard InChI is InChI=1S/C23H25F2N3O2/c1-15-8-10-27(11-9-15)19-5-3-18(4-6-19)26-23(30)16-12-22(29)28(14-16)21-7-2-17(24)13-20(21)25/h2-7,13,15-16H,8-12,14H2,1H3,(H,26,30)/t16-/m1/s1. The number of benzene rings is 2. The van der Waals surface area contributed by atoms with Crippen LogP contribution >= 0.6 is 0 Å². The second kappa shape index (κ2) is 8.42. The van der Waals surface area contributed by atoms with Gasteiger partial charge in [0, 0.05) is 43.5 Å². The average molecular weight is 413 g/mol. The molecule has 0 saturated carbocycles. The van der Waals surface area contributed by atoms with Crippen molar-refractivity contribution in [2.75, 3.05) is 34.8 Å². The van der Waals surface area contributed by atoms with Crippen LogP contribution in [0.5, 0.6) is 0 Å². The maximum Gasteiger partial charge on any atom is 0.229 e. The van der Waals surface area contributed by atoms with E-state index in [4.69, 9.17) is 0 Å². The van der Waals surface area contributed by atoms with Gasteiger partial charge in [0.25, 0.3) is 0 Å². The molecule has 2 aliphatic heterocycles. The maximum atomic E-state index is 14.0. The molecule has 0 bridgehead atoms. The van der Waals surface area contributed by atoms with E-state index in [2.05, 4.69) is 17.1 Å². The molecule has 2 amide bonds. The van der Waals surface area contributed by atoms with Gasteiger partial charge in [-0.15, -0.1) is 0 Å². The lowest BCUT2D eigenvalue weighted by atomic mass is 9.99. The van der Waals surface area contributed by atoms with E-state index in [0.29, 0.717) is 5.69 Å². The van der Waals surface area contributed by atoms with Gasteiger partial charge in [0.05, 0.1) is 11.6 Å².